The second kappa shape index (κ2) is 5.42. The zero-order valence-corrected chi connectivity index (χ0v) is 9.34. The minimum atomic E-state index is 0.680. The second-order valence-electron chi connectivity index (χ2n) is 3.60. The van der Waals surface area contributed by atoms with Crippen LogP contribution in [0.1, 0.15) is 11.4 Å². The van der Waals surface area contributed by atoms with Gasteiger partial charge in [0.25, 0.3) is 0 Å². The van der Waals surface area contributed by atoms with Crippen molar-refractivity contribution in [3.05, 3.63) is 48.0 Å². The number of methoxy groups -OCH3 is 1. The van der Waals surface area contributed by atoms with Crippen molar-refractivity contribution < 1.29 is 4.74 Å². The van der Waals surface area contributed by atoms with Crippen molar-refractivity contribution in [1.82, 2.24) is 14.8 Å². The van der Waals surface area contributed by atoms with E-state index >= 15 is 0 Å². The number of aromatic nitrogens is 3. The molecule has 0 aliphatic carbocycles. The maximum absolute atomic E-state index is 5.04. The van der Waals surface area contributed by atoms with Gasteiger partial charge in [0.15, 0.2) is 0 Å². The third-order valence-electron chi connectivity index (χ3n) is 2.44. The Morgan fingerprint density at radius 2 is 2.06 bits per heavy atom. The van der Waals surface area contributed by atoms with Crippen molar-refractivity contribution in [1.29, 1.82) is 0 Å². The smallest absolute Gasteiger partial charge is 0.137 e. The lowest BCUT2D eigenvalue weighted by Crippen LogP contribution is -2.07. The first-order chi connectivity index (χ1) is 7.90. The highest BCUT2D eigenvalue weighted by molar-refractivity contribution is 5.18. The number of nitrogens with zero attached hydrogens (tertiary/aromatic N) is 3. The maximum Gasteiger partial charge on any atom is 0.137 e. The molecular weight excluding hydrogens is 202 g/mol. The Morgan fingerprint density at radius 1 is 1.25 bits per heavy atom. The van der Waals surface area contributed by atoms with Crippen LogP contribution in [0.3, 0.4) is 0 Å². The third kappa shape index (κ3) is 2.67. The van der Waals surface area contributed by atoms with Gasteiger partial charge in [-0.15, -0.1) is 10.2 Å². The van der Waals surface area contributed by atoms with Gasteiger partial charge in [-0.1, -0.05) is 30.3 Å². The summed E-state index contributed by atoms with van der Waals surface area (Å²) < 4.78 is 7.07. The predicted octanol–water partition coefficient (Wildman–Crippen LogP) is 1.52. The molecule has 0 saturated heterocycles. The van der Waals surface area contributed by atoms with Crippen LogP contribution in [0.15, 0.2) is 36.7 Å². The Kier molecular flexibility index (Phi) is 3.66. The summed E-state index contributed by atoms with van der Waals surface area (Å²) >= 11 is 0. The van der Waals surface area contributed by atoms with E-state index in [1.54, 1.807) is 13.4 Å². The molecule has 1 aromatic carbocycles. The van der Waals surface area contributed by atoms with E-state index in [-0.39, 0.29) is 0 Å². The minimum absolute atomic E-state index is 0.680. The average molecular weight is 217 g/mol. The Labute approximate surface area is 94.9 Å². The summed E-state index contributed by atoms with van der Waals surface area (Å²) in [5, 5.41) is 8.05. The van der Waals surface area contributed by atoms with Gasteiger partial charge in [0, 0.05) is 20.1 Å². The van der Waals surface area contributed by atoms with Crippen LogP contribution >= 0.6 is 0 Å². The van der Waals surface area contributed by atoms with Crippen LogP contribution in [0.25, 0.3) is 0 Å². The van der Waals surface area contributed by atoms with E-state index < -0.39 is 0 Å². The SMILES string of the molecule is COCCn1cnnc1Cc1ccccc1. The summed E-state index contributed by atoms with van der Waals surface area (Å²) in [5.41, 5.74) is 1.24. The molecule has 0 aliphatic rings. The molecule has 0 fully saturated rings. The predicted molar refractivity (Wildman–Crippen MR) is 61.1 cm³/mol. The van der Waals surface area contributed by atoms with Crippen LogP contribution < -0.4 is 0 Å². The van der Waals surface area contributed by atoms with E-state index in [1.807, 2.05) is 22.8 Å². The van der Waals surface area contributed by atoms with Gasteiger partial charge >= 0.3 is 0 Å². The van der Waals surface area contributed by atoms with Crippen molar-refractivity contribution >= 4 is 0 Å². The standard InChI is InChI=1S/C12H15N3O/c1-16-8-7-15-10-13-14-12(15)9-11-5-3-2-4-6-11/h2-6,10H,7-9H2,1H3. The Hall–Kier alpha value is -1.68. The first-order valence-corrected chi connectivity index (χ1v) is 5.29. The molecular formula is C12H15N3O. The Morgan fingerprint density at radius 3 is 2.81 bits per heavy atom. The summed E-state index contributed by atoms with van der Waals surface area (Å²) in [4.78, 5) is 0. The molecule has 0 radical (unpaired) electrons. The van der Waals surface area contributed by atoms with Crippen molar-refractivity contribution in [3.63, 3.8) is 0 Å². The summed E-state index contributed by atoms with van der Waals surface area (Å²) in [6.07, 6.45) is 2.56. The van der Waals surface area contributed by atoms with Crippen LogP contribution in [0.4, 0.5) is 0 Å². The fourth-order valence-corrected chi connectivity index (χ4v) is 1.57. The molecule has 1 aromatic heterocycles. The average Bonchev–Trinajstić information content (AvgIpc) is 2.75. The van der Waals surface area contributed by atoms with Gasteiger partial charge in [0.05, 0.1) is 6.61 Å². The van der Waals surface area contributed by atoms with Crippen LogP contribution in [0.5, 0.6) is 0 Å². The number of benzene rings is 1. The molecule has 4 nitrogen and oxygen atoms in total. The van der Waals surface area contributed by atoms with Crippen molar-refractivity contribution in [3.8, 4) is 0 Å². The molecule has 0 bridgehead atoms. The lowest BCUT2D eigenvalue weighted by atomic mass is 10.1. The van der Waals surface area contributed by atoms with E-state index in [9.17, 15) is 0 Å². The van der Waals surface area contributed by atoms with E-state index in [2.05, 4.69) is 22.3 Å². The fraction of sp³-hybridized carbons (Fsp3) is 0.333. The van der Waals surface area contributed by atoms with E-state index in [0.717, 1.165) is 18.8 Å². The van der Waals surface area contributed by atoms with Gasteiger partial charge in [-0.05, 0) is 5.56 Å². The zero-order valence-electron chi connectivity index (χ0n) is 9.34. The van der Waals surface area contributed by atoms with Crippen molar-refractivity contribution in [2.75, 3.05) is 13.7 Å². The van der Waals surface area contributed by atoms with E-state index in [1.165, 1.54) is 5.56 Å². The summed E-state index contributed by atoms with van der Waals surface area (Å²) in [6.45, 7) is 1.48. The molecule has 0 N–H and O–H groups in total. The molecule has 1 heterocycles. The summed E-state index contributed by atoms with van der Waals surface area (Å²) in [6, 6.07) is 10.3. The Balaban J connectivity index is 2.07. The van der Waals surface area contributed by atoms with Crippen LogP contribution in [0.2, 0.25) is 0 Å². The second-order valence-corrected chi connectivity index (χ2v) is 3.60. The zero-order chi connectivity index (χ0) is 11.2. The monoisotopic (exact) mass is 217 g/mol. The van der Waals surface area contributed by atoms with Crippen LogP contribution in [-0.4, -0.2) is 28.5 Å². The molecule has 0 atom stereocenters. The first kappa shape index (κ1) is 10.8. The topological polar surface area (TPSA) is 39.9 Å². The summed E-state index contributed by atoms with van der Waals surface area (Å²) in [7, 11) is 1.70. The van der Waals surface area contributed by atoms with Gasteiger partial charge in [-0.25, -0.2) is 0 Å². The van der Waals surface area contributed by atoms with Crippen molar-refractivity contribution in [2.45, 2.75) is 13.0 Å². The molecule has 84 valence electrons. The first-order valence-electron chi connectivity index (χ1n) is 5.29. The van der Waals surface area contributed by atoms with E-state index in [4.69, 9.17) is 4.74 Å². The minimum Gasteiger partial charge on any atom is -0.383 e. The van der Waals surface area contributed by atoms with Crippen LogP contribution in [-0.2, 0) is 17.7 Å². The number of ether oxygens (including phenoxy) is 1. The molecule has 0 saturated carbocycles. The lowest BCUT2D eigenvalue weighted by Gasteiger charge is -2.05. The maximum atomic E-state index is 5.04. The van der Waals surface area contributed by atoms with Gasteiger partial charge in [0.1, 0.15) is 12.2 Å². The molecule has 16 heavy (non-hydrogen) atoms. The van der Waals surface area contributed by atoms with E-state index in [0.29, 0.717) is 6.61 Å². The quantitative estimate of drug-likeness (QED) is 0.762. The van der Waals surface area contributed by atoms with Gasteiger partial charge < -0.3 is 9.30 Å². The van der Waals surface area contributed by atoms with Gasteiger partial charge in [-0.2, -0.15) is 0 Å². The highest BCUT2D eigenvalue weighted by Gasteiger charge is 2.04. The highest BCUT2D eigenvalue weighted by Crippen LogP contribution is 2.06. The van der Waals surface area contributed by atoms with Crippen LogP contribution in [0, 0.1) is 0 Å². The summed E-state index contributed by atoms with van der Waals surface area (Å²) in [5.74, 6) is 0.975. The molecule has 0 amide bonds. The highest BCUT2D eigenvalue weighted by atomic mass is 16.5. The molecule has 0 spiro atoms. The Bertz CT molecular complexity index is 425. The normalized spacial score (nSPS) is 10.6. The van der Waals surface area contributed by atoms with Crippen molar-refractivity contribution in [2.24, 2.45) is 0 Å². The molecule has 4 heteroatoms. The lowest BCUT2D eigenvalue weighted by molar-refractivity contribution is 0.186. The largest absolute Gasteiger partial charge is 0.383 e. The fourth-order valence-electron chi connectivity index (χ4n) is 1.57. The number of hydrogen-bond acceptors (Lipinski definition) is 3. The molecule has 2 aromatic rings. The number of rotatable bonds is 5. The molecule has 0 aliphatic heterocycles. The molecule has 0 unspecified atom stereocenters. The molecule has 2 rings (SSSR count). The number of hydrogen-bond donors (Lipinski definition) is 0. The third-order valence-corrected chi connectivity index (χ3v) is 2.44. The van der Waals surface area contributed by atoms with Gasteiger partial charge in [0.2, 0.25) is 0 Å². The van der Waals surface area contributed by atoms with Gasteiger partial charge in [-0.3, -0.25) is 0 Å².